The maximum atomic E-state index is 13.7. The van der Waals surface area contributed by atoms with Crippen molar-refractivity contribution in [3.63, 3.8) is 0 Å². The van der Waals surface area contributed by atoms with E-state index in [0.29, 0.717) is 31.9 Å². The lowest BCUT2D eigenvalue weighted by Crippen LogP contribution is -2.49. The molecule has 0 aromatic heterocycles. The molecule has 0 spiro atoms. The fourth-order valence-corrected chi connectivity index (χ4v) is 7.18. The molecular weight excluding hydrogens is 462 g/mol. The predicted octanol–water partition coefficient (Wildman–Crippen LogP) is 3.68. The molecule has 33 heavy (non-hydrogen) atoms. The number of benzene rings is 2. The highest BCUT2D eigenvalue weighted by Gasteiger charge is 2.57. The lowest BCUT2D eigenvalue weighted by Gasteiger charge is -2.30. The van der Waals surface area contributed by atoms with Gasteiger partial charge in [-0.15, -0.1) is 0 Å². The molecule has 176 valence electrons. The Hall–Kier alpha value is -2.56. The molecule has 0 aliphatic carbocycles. The summed E-state index contributed by atoms with van der Waals surface area (Å²) in [6.45, 7) is 6.38. The number of para-hydroxylation sites is 1. The smallest absolute Gasteiger partial charge is 0.261 e. The van der Waals surface area contributed by atoms with Gasteiger partial charge < -0.3 is 10.1 Å². The van der Waals surface area contributed by atoms with E-state index in [4.69, 9.17) is 4.74 Å². The van der Waals surface area contributed by atoms with Crippen molar-refractivity contribution in [1.29, 1.82) is 0 Å². The Labute approximate surface area is 198 Å². The fourth-order valence-electron chi connectivity index (χ4n) is 4.28. The quantitative estimate of drug-likeness (QED) is 0.608. The summed E-state index contributed by atoms with van der Waals surface area (Å²) >= 11 is 1.35. The zero-order valence-electron chi connectivity index (χ0n) is 18.8. The van der Waals surface area contributed by atoms with E-state index in [2.05, 4.69) is 5.32 Å². The second kappa shape index (κ2) is 9.00. The Morgan fingerprint density at radius 2 is 1.91 bits per heavy atom. The van der Waals surface area contributed by atoms with Crippen LogP contribution in [-0.4, -0.2) is 49.1 Å². The zero-order chi connectivity index (χ0) is 23.8. The van der Waals surface area contributed by atoms with Crippen molar-refractivity contribution in [3.05, 3.63) is 42.5 Å². The zero-order valence-corrected chi connectivity index (χ0v) is 20.5. The van der Waals surface area contributed by atoms with Gasteiger partial charge in [-0.3, -0.25) is 14.5 Å². The average Bonchev–Trinajstić information content (AvgIpc) is 3.31. The molecule has 1 saturated heterocycles. The summed E-state index contributed by atoms with van der Waals surface area (Å²) in [4.78, 5) is 27.7. The van der Waals surface area contributed by atoms with E-state index in [1.807, 2.05) is 31.2 Å². The third-order valence-corrected chi connectivity index (χ3v) is 9.39. The van der Waals surface area contributed by atoms with Crippen LogP contribution in [0.2, 0.25) is 0 Å². The second-order valence-electron chi connectivity index (χ2n) is 7.72. The number of ether oxygens (including phenoxy) is 1. The van der Waals surface area contributed by atoms with Gasteiger partial charge in [-0.05, 0) is 43.7 Å². The highest BCUT2D eigenvalue weighted by molar-refractivity contribution is 8.02. The molecule has 1 unspecified atom stereocenters. The monoisotopic (exact) mass is 489 g/mol. The van der Waals surface area contributed by atoms with Crippen LogP contribution in [0.5, 0.6) is 5.75 Å². The van der Waals surface area contributed by atoms with Crippen LogP contribution in [0.15, 0.2) is 52.3 Å². The third kappa shape index (κ3) is 3.89. The largest absolute Gasteiger partial charge is 0.492 e. The molecule has 8 nitrogen and oxygen atoms in total. The molecule has 2 amide bonds. The number of nitrogens with zero attached hydrogens (tertiary/aromatic N) is 2. The lowest BCUT2D eigenvalue weighted by atomic mass is 10.1. The highest BCUT2D eigenvalue weighted by atomic mass is 32.2. The molecule has 2 aliphatic rings. The first-order valence-corrected chi connectivity index (χ1v) is 13.2. The number of anilines is 2. The summed E-state index contributed by atoms with van der Waals surface area (Å²) in [5.74, 6) is -0.115. The van der Waals surface area contributed by atoms with Gasteiger partial charge in [0.05, 0.1) is 22.9 Å². The number of sulfonamides is 1. The van der Waals surface area contributed by atoms with Crippen LogP contribution < -0.4 is 15.0 Å². The first-order chi connectivity index (χ1) is 15.8. The molecule has 1 atom stereocenters. The standard InChI is InChI=1S/C23H27N3O5S2/c1-4-25(5-2)33(29,30)16-11-12-19(31-6-3)17(15-16)24-22(28)23-14-13-21(27)26(23)18-9-7-8-10-20(18)32-23/h7-12,15H,4-6,13-14H2,1-3H3,(H,24,28). The van der Waals surface area contributed by atoms with Gasteiger partial charge in [0.1, 0.15) is 5.75 Å². The molecule has 0 bridgehead atoms. The van der Waals surface area contributed by atoms with Gasteiger partial charge in [0.2, 0.25) is 15.9 Å². The van der Waals surface area contributed by atoms with Crippen LogP contribution >= 0.6 is 11.8 Å². The van der Waals surface area contributed by atoms with E-state index in [1.54, 1.807) is 24.8 Å². The SMILES string of the molecule is CCOc1ccc(S(=O)(=O)N(CC)CC)cc1NC(=O)C12CCC(=O)N1c1ccccc1S2. The van der Waals surface area contributed by atoms with E-state index in [9.17, 15) is 18.0 Å². The molecule has 2 heterocycles. The predicted molar refractivity (Wildman–Crippen MR) is 128 cm³/mol. The first kappa shape index (κ1) is 23.6. The maximum Gasteiger partial charge on any atom is 0.261 e. The molecule has 0 radical (unpaired) electrons. The van der Waals surface area contributed by atoms with Crippen molar-refractivity contribution < 1.29 is 22.7 Å². The van der Waals surface area contributed by atoms with E-state index in [-0.39, 0.29) is 28.8 Å². The Balaban J connectivity index is 1.71. The molecule has 4 rings (SSSR count). The fraction of sp³-hybridized carbons (Fsp3) is 0.391. The molecule has 1 N–H and O–H groups in total. The second-order valence-corrected chi connectivity index (χ2v) is 11.0. The Kier molecular flexibility index (Phi) is 6.43. The number of carbonyl (C=O) groups is 2. The Morgan fingerprint density at radius 3 is 2.61 bits per heavy atom. The van der Waals surface area contributed by atoms with Crippen LogP contribution in [0.3, 0.4) is 0 Å². The highest BCUT2D eigenvalue weighted by Crippen LogP contribution is 2.56. The number of hydrogen-bond acceptors (Lipinski definition) is 6. The van der Waals surface area contributed by atoms with E-state index >= 15 is 0 Å². The molecule has 2 aromatic carbocycles. The minimum Gasteiger partial charge on any atom is -0.492 e. The van der Waals surface area contributed by atoms with Gasteiger partial charge in [0.25, 0.3) is 5.91 Å². The van der Waals surface area contributed by atoms with Gasteiger partial charge in [-0.2, -0.15) is 4.31 Å². The number of rotatable bonds is 8. The molecule has 0 saturated carbocycles. The lowest BCUT2D eigenvalue weighted by molar-refractivity contribution is -0.121. The van der Waals surface area contributed by atoms with Gasteiger partial charge in [-0.1, -0.05) is 37.7 Å². The maximum absolute atomic E-state index is 13.7. The molecule has 10 heteroatoms. The van der Waals surface area contributed by atoms with Gasteiger partial charge >= 0.3 is 0 Å². The van der Waals surface area contributed by atoms with Crippen molar-refractivity contribution in [2.75, 3.05) is 29.9 Å². The molecule has 2 aromatic rings. The molecule has 1 fully saturated rings. The average molecular weight is 490 g/mol. The van der Waals surface area contributed by atoms with Crippen LogP contribution in [0.1, 0.15) is 33.6 Å². The van der Waals surface area contributed by atoms with E-state index in [1.165, 1.54) is 28.2 Å². The Morgan fingerprint density at radius 1 is 1.18 bits per heavy atom. The summed E-state index contributed by atoms with van der Waals surface area (Å²) in [5, 5.41) is 2.88. The number of thioether (sulfide) groups is 1. The van der Waals surface area contributed by atoms with Gasteiger partial charge in [-0.25, -0.2) is 8.42 Å². The number of nitrogens with one attached hydrogen (secondary N) is 1. The van der Waals surface area contributed by atoms with Gasteiger partial charge in [0, 0.05) is 24.4 Å². The summed E-state index contributed by atoms with van der Waals surface area (Å²) in [6, 6.07) is 11.9. The van der Waals surface area contributed by atoms with Crippen LogP contribution in [0, 0.1) is 0 Å². The normalized spacial score (nSPS) is 19.5. The number of hydrogen-bond donors (Lipinski definition) is 1. The minimum atomic E-state index is -3.73. The third-order valence-electron chi connectivity index (χ3n) is 5.87. The summed E-state index contributed by atoms with van der Waals surface area (Å²) < 4.78 is 33.1. The Bertz CT molecular complexity index is 1200. The van der Waals surface area contributed by atoms with Crippen LogP contribution in [0.25, 0.3) is 0 Å². The number of carbonyl (C=O) groups excluding carboxylic acids is 2. The number of amides is 2. The van der Waals surface area contributed by atoms with Crippen LogP contribution in [0.4, 0.5) is 11.4 Å². The first-order valence-electron chi connectivity index (χ1n) is 11.0. The topological polar surface area (TPSA) is 96.0 Å². The van der Waals surface area contributed by atoms with Crippen molar-refractivity contribution in [2.24, 2.45) is 0 Å². The molecular formula is C23H27N3O5S2. The van der Waals surface area contributed by atoms with Crippen LogP contribution in [-0.2, 0) is 19.6 Å². The summed E-state index contributed by atoms with van der Waals surface area (Å²) in [7, 11) is -3.73. The van der Waals surface area contributed by atoms with E-state index < -0.39 is 14.9 Å². The van der Waals surface area contributed by atoms with Crippen molar-refractivity contribution in [3.8, 4) is 5.75 Å². The van der Waals surface area contributed by atoms with Crippen molar-refractivity contribution >= 4 is 45.0 Å². The minimum absolute atomic E-state index is 0.0733. The van der Waals surface area contributed by atoms with Crippen molar-refractivity contribution in [2.45, 2.75) is 48.3 Å². The number of fused-ring (bicyclic) bond motifs is 3. The van der Waals surface area contributed by atoms with E-state index in [0.717, 1.165) is 10.6 Å². The summed E-state index contributed by atoms with van der Waals surface area (Å²) in [5.41, 5.74) is 0.989. The molecule has 2 aliphatic heterocycles. The summed E-state index contributed by atoms with van der Waals surface area (Å²) in [6.07, 6.45) is 0.627. The van der Waals surface area contributed by atoms with Crippen molar-refractivity contribution in [1.82, 2.24) is 4.31 Å². The van der Waals surface area contributed by atoms with Gasteiger partial charge in [0.15, 0.2) is 4.87 Å².